The first-order valence-corrected chi connectivity index (χ1v) is 15.6. The lowest BCUT2D eigenvalue weighted by molar-refractivity contribution is -0.154. The van der Waals surface area contributed by atoms with Gasteiger partial charge in [0.05, 0.1) is 38.0 Å². The van der Waals surface area contributed by atoms with E-state index in [-0.39, 0.29) is 47.7 Å². The lowest BCUT2D eigenvalue weighted by Gasteiger charge is -2.27. The van der Waals surface area contributed by atoms with Crippen molar-refractivity contribution in [3.05, 3.63) is 104 Å². The highest BCUT2D eigenvalue weighted by molar-refractivity contribution is 7.21. The van der Waals surface area contributed by atoms with Crippen molar-refractivity contribution in [3.8, 4) is 10.8 Å². The molecule has 47 heavy (non-hydrogen) atoms. The van der Waals surface area contributed by atoms with E-state index in [9.17, 15) is 23.6 Å². The number of Topliss-reactive ketones (excluding diaryl/α,β-unsaturated/α-hetero) is 1. The van der Waals surface area contributed by atoms with Gasteiger partial charge in [0.1, 0.15) is 45.4 Å². The summed E-state index contributed by atoms with van der Waals surface area (Å²) in [4.78, 5) is 55.7. The van der Waals surface area contributed by atoms with Crippen molar-refractivity contribution in [2.24, 2.45) is 0 Å². The molecule has 0 N–H and O–H groups in total. The maximum Gasteiger partial charge on any atom is 0.333 e. The highest BCUT2D eigenvalue weighted by Gasteiger charge is 2.37. The zero-order valence-corrected chi connectivity index (χ0v) is 27.4. The number of hydrogen-bond acceptors (Lipinski definition) is 10. The standard InChI is InChI=1S/C33H34FN5O7S/c1-20(40)13-16-45-26(24-17-23(34)11-12-25(24)44-5)18-37-30-27(21(2)29(47-30)39-35-14-15-36-39)28(41)38(32(37)43)33(3,4)31(42)46-19-22-9-7-6-8-10-22/h6-12,14-15,17,26H,13,16,18-19H2,1-5H3/t26-/m0/s1. The number of hydrogen-bond donors (Lipinski definition) is 0. The van der Waals surface area contributed by atoms with Crippen LogP contribution in [-0.4, -0.2) is 49.6 Å². The van der Waals surface area contributed by atoms with Gasteiger partial charge < -0.3 is 14.2 Å². The molecule has 0 aliphatic heterocycles. The number of aryl methyl sites for hydroxylation is 1. The van der Waals surface area contributed by atoms with Gasteiger partial charge in [0.2, 0.25) is 0 Å². The second-order valence-electron chi connectivity index (χ2n) is 11.4. The van der Waals surface area contributed by atoms with E-state index in [1.165, 1.54) is 67.8 Å². The molecule has 0 fully saturated rings. The minimum atomic E-state index is -1.75. The molecular weight excluding hydrogens is 629 g/mol. The summed E-state index contributed by atoms with van der Waals surface area (Å²) in [5, 5.41) is 9.06. The number of methoxy groups -OCH3 is 1. The van der Waals surface area contributed by atoms with E-state index in [0.29, 0.717) is 16.3 Å². The topological polar surface area (TPSA) is 137 Å². The number of esters is 1. The van der Waals surface area contributed by atoms with Gasteiger partial charge in [0, 0.05) is 17.5 Å². The highest BCUT2D eigenvalue weighted by atomic mass is 32.1. The van der Waals surface area contributed by atoms with Gasteiger partial charge in [0.25, 0.3) is 5.56 Å². The predicted molar refractivity (Wildman–Crippen MR) is 173 cm³/mol. The number of rotatable bonds is 13. The molecule has 5 rings (SSSR count). The second kappa shape index (κ2) is 13.8. The van der Waals surface area contributed by atoms with Gasteiger partial charge in [-0.3, -0.25) is 14.2 Å². The molecule has 0 saturated carbocycles. The van der Waals surface area contributed by atoms with Crippen molar-refractivity contribution in [3.63, 3.8) is 0 Å². The first-order chi connectivity index (χ1) is 22.4. The van der Waals surface area contributed by atoms with Crippen molar-refractivity contribution in [1.82, 2.24) is 24.1 Å². The SMILES string of the molecule is COc1ccc(F)cc1[C@H](Cn1c(=O)n(C(C)(C)C(=O)OCc2ccccc2)c(=O)c2c(C)c(-n3nccn3)sc21)OCCC(C)=O. The van der Waals surface area contributed by atoms with Crippen LogP contribution in [0.3, 0.4) is 0 Å². The Labute approximate surface area is 272 Å². The highest BCUT2D eigenvalue weighted by Crippen LogP contribution is 2.34. The van der Waals surface area contributed by atoms with E-state index in [2.05, 4.69) is 10.2 Å². The molecule has 0 saturated heterocycles. The first-order valence-electron chi connectivity index (χ1n) is 14.8. The second-order valence-corrected chi connectivity index (χ2v) is 12.4. The first kappa shape index (κ1) is 33.4. The zero-order chi connectivity index (χ0) is 33.9. The lowest BCUT2D eigenvalue weighted by atomic mass is 10.0. The molecule has 246 valence electrons. The van der Waals surface area contributed by atoms with Crippen LogP contribution < -0.4 is 16.0 Å². The molecule has 14 heteroatoms. The number of ether oxygens (including phenoxy) is 3. The minimum absolute atomic E-state index is 0.0274. The average Bonchev–Trinajstić information content (AvgIpc) is 3.69. The van der Waals surface area contributed by atoms with Crippen LogP contribution in [0.2, 0.25) is 0 Å². The van der Waals surface area contributed by atoms with Crippen LogP contribution in [0.5, 0.6) is 5.75 Å². The molecular formula is C33H34FN5O7S. The Morgan fingerprint density at radius 3 is 2.43 bits per heavy atom. The van der Waals surface area contributed by atoms with Gasteiger partial charge in [-0.15, -0.1) is 4.80 Å². The summed E-state index contributed by atoms with van der Waals surface area (Å²) in [6.45, 7) is 5.68. The van der Waals surface area contributed by atoms with Gasteiger partial charge in [-0.2, -0.15) is 10.2 Å². The largest absolute Gasteiger partial charge is 0.496 e. The van der Waals surface area contributed by atoms with E-state index in [1.54, 1.807) is 31.2 Å². The normalized spacial score (nSPS) is 12.3. The van der Waals surface area contributed by atoms with Gasteiger partial charge in [-0.25, -0.2) is 18.5 Å². The number of fused-ring (bicyclic) bond motifs is 1. The number of benzene rings is 2. The fraction of sp³-hybridized carbons (Fsp3) is 0.333. The number of carbonyl (C=O) groups is 2. The van der Waals surface area contributed by atoms with E-state index >= 15 is 0 Å². The maximum atomic E-state index is 14.6. The number of ketones is 1. The summed E-state index contributed by atoms with van der Waals surface area (Å²) in [5.74, 6) is -1.19. The van der Waals surface area contributed by atoms with Crippen molar-refractivity contribution in [1.29, 1.82) is 0 Å². The summed E-state index contributed by atoms with van der Waals surface area (Å²) in [6, 6.07) is 12.9. The van der Waals surface area contributed by atoms with E-state index in [0.717, 1.165) is 21.5 Å². The van der Waals surface area contributed by atoms with Crippen molar-refractivity contribution in [2.45, 2.75) is 58.9 Å². The molecule has 3 aromatic heterocycles. The Balaban J connectivity index is 1.70. The van der Waals surface area contributed by atoms with Crippen molar-refractivity contribution >= 4 is 33.3 Å². The number of thiophene rings is 1. The minimum Gasteiger partial charge on any atom is -0.496 e. The quantitative estimate of drug-likeness (QED) is 0.167. The third-order valence-corrected chi connectivity index (χ3v) is 9.00. The van der Waals surface area contributed by atoms with Gasteiger partial charge >= 0.3 is 11.7 Å². The van der Waals surface area contributed by atoms with Crippen LogP contribution in [0, 0.1) is 12.7 Å². The monoisotopic (exact) mass is 663 g/mol. The number of aromatic nitrogens is 5. The number of carbonyl (C=O) groups excluding carboxylic acids is 2. The van der Waals surface area contributed by atoms with Crippen LogP contribution in [0.1, 0.15) is 50.0 Å². The fourth-order valence-corrected chi connectivity index (χ4v) is 6.42. The summed E-state index contributed by atoms with van der Waals surface area (Å²) >= 11 is 1.11. The van der Waals surface area contributed by atoms with Crippen LogP contribution in [-0.2, 0) is 37.8 Å². The Morgan fingerprint density at radius 1 is 1.06 bits per heavy atom. The van der Waals surface area contributed by atoms with Crippen molar-refractivity contribution in [2.75, 3.05) is 13.7 Å². The van der Waals surface area contributed by atoms with Crippen LogP contribution in [0.15, 0.2) is 70.5 Å². The van der Waals surface area contributed by atoms with Gasteiger partial charge in [-0.05, 0) is 51.5 Å². The molecule has 2 aromatic carbocycles. The Bertz CT molecular complexity index is 2030. The van der Waals surface area contributed by atoms with Gasteiger partial charge in [-0.1, -0.05) is 41.7 Å². The molecule has 3 heterocycles. The molecule has 5 aromatic rings. The maximum absolute atomic E-state index is 14.6. The summed E-state index contributed by atoms with van der Waals surface area (Å²) < 4.78 is 34.0. The molecule has 0 aliphatic rings. The van der Waals surface area contributed by atoms with Crippen LogP contribution in [0.25, 0.3) is 15.2 Å². The predicted octanol–water partition coefficient (Wildman–Crippen LogP) is 4.48. The van der Waals surface area contributed by atoms with Crippen LogP contribution in [0.4, 0.5) is 4.39 Å². The molecule has 1 atom stereocenters. The Hall–Kier alpha value is -4.95. The summed E-state index contributed by atoms with van der Waals surface area (Å²) in [6.07, 6.45) is 2.03. The Morgan fingerprint density at radius 2 is 1.77 bits per heavy atom. The zero-order valence-electron chi connectivity index (χ0n) is 26.6. The van der Waals surface area contributed by atoms with E-state index in [4.69, 9.17) is 14.2 Å². The lowest BCUT2D eigenvalue weighted by Crippen LogP contribution is -2.53. The number of nitrogens with zero attached hydrogens (tertiary/aromatic N) is 5. The summed E-state index contributed by atoms with van der Waals surface area (Å²) in [5.41, 5.74) is -1.76. The molecule has 0 spiro atoms. The third-order valence-electron chi connectivity index (χ3n) is 7.72. The molecule has 0 bridgehead atoms. The Kier molecular flexibility index (Phi) is 9.82. The molecule has 12 nitrogen and oxygen atoms in total. The average molecular weight is 664 g/mol. The van der Waals surface area contributed by atoms with Crippen LogP contribution >= 0.6 is 11.3 Å². The van der Waals surface area contributed by atoms with Gasteiger partial charge in [0.15, 0.2) is 0 Å². The number of halogens is 1. The van der Waals surface area contributed by atoms with E-state index < -0.39 is 34.7 Å². The smallest absolute Gasteiger partial charge is 0.333 e. The third kappa shape index (κ3) is 6.79. The van der Waals surface area contributed by atoms with Crippen molar-refractivity contribution < 1.29 is 28.2 Å². The molecule has 0 amide bonds. The summed E-state index contributed by atoms with van der Waals surface area (Å²) in [7, 11) is 1.42. The molecule has 0 unspecified atom stereocenters. The molecule has 0 radical (unpaired) electrons. The van der Waals surface area contributed by atoms with E-state index in [1.807, 2.05) is 6.07 Å². The molecule has 0 aliphatic carbocycles. The fourth-order valence-electron chi connectivity index (χ4n) is 5.20.